The molecule has 0 amide bonds. The highest BCUT2D eigenvalue weighted by atomic mass is 16.3. The zero-order chi connectivity index (χ0) is 10.7. The highest BCUT2D eigenvalue weighted by Crippen LogP contribution is 2.31. The van der Waals surface area contributed by atoms with Crippen LogP contribution >= 0.6 is 0 Å². The van der Waals surface area contributed by atoms with E-state index in [1.54, 1.807) is 0 Å². The van der Waals surface area contributed by atoms with Gasteiger partial charge in [0, 0.05) is 0 Å². The van der Waals surface area contributed by atoms with E-state index in [2.05, 4.69) is 30.4 Å². The topological polar surface area (TPSA) is 32.3 Å². The summed E-state index contributed by atoms with van der Waals surface area (Å²) in [6.45, 7) is 3.32. The molecule has 2 heteroatoms. The molecule has 1 saturated heterocycles. The maximum Gasteiger partial charge on any atom is 0.0671 e. The van der Waals surface area contributed by atoms with Crippen molar-refractivity contribution in [2.75, 3.05) is 13.2 Å². The molecule has 1 aromatic rings. The fraction of sp³-hybridized carbons (Fsp3) is 0.538. The van der Waals surface area contributed by atoms with Gasteiger partial charge >= 0.3 is 0 Å². The molecule has 2 N–H and O–H groups in total. The van der Waals surface area contributed by atoms with Crippen LogP contribution < -0.4 is 5.32 Å². The number of piperidine rings is 1. The van der Waals surface area contributed by atoms with Crippen LogP contribution in [-0.2, 0) is 5.54 Å². The summed E-state index contributed by atoms with van der Waals surface area (Å²) in [6.07, 6.45) is 3.45. The molecule has 0 saturated carbocycles. The molecule has 15 heavy (non-hydrogen) atoms. The molecule has 0 radical (unpaired) electrons. The van der Waals surface area contributed by atoms with Crippen LogP contribution in [0.25, 0.3) is 0 Å². The highest BCUT2D eigenvalue weighted by molar-refractivity contribution is 5.33. The van der Waals surface area contributed by atoms with E-state index in [0.29, 0.717) is 0 Å². The largest absolute Gasteiger partial charge is 0.394 e. The molecule has 0 bridgehead atoms. The second-order valence-corrected chi connectivity index (χ2v) is 4.44. The Morgan fingerprint density at radius 2 is 2.13 bits per heavy atom. The van der Waals surface area contributed by atoms with Gasteiger partial charge in [0.05, 0.1) is 12.1 Å². The van der Waals surface area contributed by atoms with Gasteiger partial charge in [-0.1, -0.05) is 24.3 Å². The lowest BCUT2D eigenvalue weighted by molar-refractivity contribution is 0.131. The third-order valence-electron chi connectivity index (χ3n) is 3.42. The van der Waals surface area contributed by atoms with Gasteiger partial charge < -0.3 is 10.4 Å². The van der Waals surface area contributed by atoms with E-state index in [-0.39, 0.29) is 12.1 Å². The highest BCUT2D eigenvalue weighted by Gasteiger charge is 2.33. The molecule has 1 fully saturated rings. The summed E-state index contributed by atoms with van der Waals surface area (Å²) in [5.41, 5.74) is 2.33. The molecular formula is C13H19NO. The molecular weight excluding hydrogens is 186 g/mol. The summed E-state index contributed by atoms with van der Waals surface area (Å²) in [7, 11) is 0. The molecule has 82 valence electrons. The first-order chi connectivity index (χ1) is 7.28. The molecule has 0 spiro atoms. The number of aliphatic hydroxyl groups excluding tert-OH is 1. The smallest absolute Gasteiger partial charge is 0.0671 e. The first-order valence-electron chi connectivity index (χ1n) is 5.70. The van der Waals surface area contributed by atoms with Crippen molar-refractivity contribution >= 4 is 0 Å². The van der Waals surface area contributed by atoms with Crippen LogP contribution in [0.15, 0.2) is 24.3 Å². The van der Waals surface area contributed by atoms with Crippen molar-refractivity contribution in [3.05, 3.63) is 35.4 Å². The van der Waals surface area contributed by atoms with E-state index in [1.807, 2.05) is 6.07 Å². The first kappa shape index (κ1) is 10.7. The van der Waals surface area contributed by atoms with Crippen molar-refractivity contribution in [1.29, 1.82) is 0 Å². The van der Waals surface area contributed by atoms with Crippen molar-refractivity contribution in [2.24, 2.45) is 0 Å². The number of nitrogens with one attached hydrogen (secondary N) is 1. The van der Waals surface area contributed by atoms with Crippen LogP contribution in [0.5, 0.6) is 0 Å². The fourth-order valence-electron chi connectivity index (χ4n) is 2.53. The molecule has 1 atom stereocenters. The lowest BCUT2D eigenvalue weighted by Gasteiger charge is -2.38. The van der Waals surface area contributed by atoms with Crippen LogP contribution in [0, 0.1) is 6.92 Å². The summed E-state index contributed by atoms with van der Waals surface area (Å²) in [4.78, 5) is 0. The number of hydrogen-bond donors (Lipinski definition) is 2. The average molecular weight is 205 g/mol. The van der Waals surface area contributed by atoms with E-state index < -0.39 is 0 Å². The fourth-order valence-corrected chi connectivity index (χ4v) is 2.53. The van der Waals surface area contributed by atoms with Gasteiger partial charge in [-0.15, -0.1) is 0 Å². The minimum atomic E-state index is -0.191. The van der Waals surface area contributed by atoms with Gasteiger partial charge in [-0.25, -0.2) is 0 Å². The monoisotopic (exact) mass is 205 g/mol. The number of rotatable bonds is 2. The predicted molar refractivity (Wildman–Crippen MR) is 61.8 cm³/mol. The Labute approximate surface area is 91.3 Å². The second-order valence-electron chi connectivity index (χ2n) is 4.44. The maximum absolute atomic E-state index is 9.66. The standard InChI is InChI=1S/C13H19NO/c1-11-6-2-3-7-12(11)13(10-15)8-4-5-9-14-13/h2-3,6-7,14-15H,4-5,8-10H2,1H3. The zero-order valence-electron chi connectivity index (χ0n) is 9.29. The molecule has 1 aromatic carbocycles. The third-order valence-corrected chi connectivity index (χ3v) is 3.42. The number of aliphatic hydroxyl groups is 1. The summed E-state index contributed by atoms with van der Waals surface area (Å²) in [5, 5.41) is 13.1. The molecule has 1 unspecified atom stereocenters. The average Bonchev–Trinajstić information content (AvgIpc) is 2.30. The van der Waals surface area contributed by atoms with Crippen molar-refractivity contribution in [1.82, 2.24) is 5.32 Å². The molecule has 1 aliphatic heterocycles. The minimum Gasteiger partial charge on any atom is -0.394 e. The Morgan fingerprint density at radius 1 is 1.33 bits per heavy atom. The lowest BCUT2D eigenvalue weighted by Crippen LogP contribution is -2.49. The molecule has 1 heterocycles. The van der Waals surface area contributed by atoms with Crippen LogP contribution in [0.4, 0.5) is 0 Å². The Bertz CT molecular complexity index is 329. The first-order valence-corrected chi connectivity index (χ1v) is 5.70. The minimum absolute atomic E-state index is 0.191. The number of benzene rings is 1. The van der Waals surface area contributed by atoms with Gasteiger partial charge in [0.2, 0.25) is 0 Å². The summed E-state index contributed by atoms with van der Waals surface area (Å²) >= 11 is 0. The zero-order valence-corrected chi connectivity index (χ0v) is 9.29. The molecule has 2 rings (SSSR count). The summed E-state index contributed by atoms with van der Waals surface area (Å²) < 4.78 is 0. The molecule has 0 aromatic heterocycles. The van der Waals surface area contributed by atoms with Crippen LogP contribution in [0.1, 0.15) is 30.4 Å². The normalized spacial score (nSPS) is 26.5. The summed E-state index contributed by atoms with van der Waals surface area (Å²) in [5.74, 6) is 0. The van der Waals surface area contributed by atoms with Crippen LogP contribution in [0.3, 0.4) is 0 Å². The Hall–Kier alpha value is -0.860. The SMILES string of the molecule is Cc1ccccc1C1(CO)CCCCN1. The van der Waals surface area contributed by atoms with Crippen molar-refractivity contribution in [3.63, 3.8) is 0 Å². The van der Waals surface area contributed by atoms with Crippen LogP contribution in [-0.4, -0.2) is 18.3 Å². The van der Waals surface area contributed by atoms with Gasteiger partial charge in [0.1, 0.15) is 0 Å². The third kappa shape index (κ3) is 1.92. The Balaban J connectivity index is 2.36. The van der Waals surface area contributed by atoms with E-state index in [4.69, 9.17) is 0 Å². The van der Waals surface area contributed by atoms with E-state index in [0.717, 1.165) is 13.0 Å². The number of hydrogen-bond acceptors (Lipinski definition) is 2. The van der Waals surface area contributed by atoms with E-state index >= 15 is 0 Å². The number of aryl methyl sites for hydroxylation is 1. The van der Waals surface area contributed by atoms with E-state index in [9.17, 15) is 5.11 Å². The predicted octanol–water partition coefficient (Wildman–Crippen LogP) is 1.96. The van der Waals surface area contributed by atoms with E-state index in [1.165, 1.54) is 24.0 Å². The van der Waals surface area contributed by atoms with Crippen molar-refractivity contribution < 1.29 is 5.11 Å². The van der Waals surface area contributed by atoms with Gasteiger partial charge in [-0.2, -0.15) is 0 Å². The van der Waals surface area contributed by atoms with Gasteiger partial charge in [-0.3, -0.25) is 0 Å². The lowest BCUT2D eigenvalue weighted by atomic mass is 9.81. The second kappa shape index (κ2) is 4.33. The Kier molecular flexibility index (Phi) is 3.08. The van der Waals surface area contributed by atoms with Crippen molar-refractivity contribution in [3.8, 4) is 0 Å². The van der Waals surface area contributed by atoms with Gasteiger partial charge in [-0.05, 0) is 43.9 Å². The van der Waals surface area contributed by atoms with Gasteiger partial charge in [0.15, 0.2) is 0 Å². The molecule has 0 aliphatic carbocycles. The quantitative estimate of drug-likeness (QED) is 0.773. The molecule has 2 nitrogen and oxygen atoms in total. The van der Waals surface area contributed by atoms with Gasteiger partial charge in [0.25, 0.3) is 0 Å². The molecule has 1 aliphatic rings. The Morgan fingerprint density at radius 3 is 2.73 bits per heavy atom. The summed E-state index contributed by atoms with van der Waals surface area (Å²) in [6, 6.07) is 8.34. The van der Waals surface area contributed by atoms with Crippen molar-refractivity contribution in [2.45, 2.75) is 31.7 Å². The van der Waals surface area contributed by atoms with Crippen LogP contribution in [0.2, 0.25) is 0 Å². The maximum atomic E-state index is 9.66.